The van der Waals surface area contributed by atoms with Gasteiger partial charge in [0.25, 0.3) is 5.91 Å². The molecule has 5 heteroatoms. The molecule has 2 atom stereocenters. The third-order valence-electron chi connectivity index (χ3n) is 4.89. The summed E-state index contributed by atoms with van der Waals surface area (Å²) < 4.78 is 0. The number of H-pyrrole nitrogens is 1. The van der Waals surface area contributed by atoms with Crippen molar-refractivity contribution in [2.75, 3.05) is 19.6 Å². The Labute approximate surface area is 118 Å². The summed E-state index contributed by atoms with van der Waals surface area (Å²) in [5.74, 6) is 0.820. The predicted octanol–water partition coefficient (Wildman–Crippen LogP) is 0.753. The number of carbonyl (C=O) groups is 1. The van der Waals surface area contributed by atoms with Crippen LogP contribution in [0.1, 0.15) is 29.9 Å². The number of pyridine rings is 1. The lowest BCUT2D eigenvalue weighted by Gasteiger charge is -2.35. The van der Waals surface area contributed by atoms with Crippen LogP contribution in [0.4, 0.5) is 0 Å². The van der Waals surface area contributed by atoms with Crippen molar-refractivity contribution in [2.45, 2.75) is 26.3 Å². The summed E-state index contributed by atoms with van der Waals surface area (Å²) in [6.07, 6.45) is 1.54. The molecule has 0 aliphatic carbocycles. The van der Waals surface area contributed by atoms with E-state index in [-0.39, 0.29) is 22.4 Å². The van der Waals surface area contributed by atoms with Gasteiger partial charge in [-0.2, -0.15) is 0 Å². The molecule has 2 unspecified atom stereocenters. The quantitative estimate of drug-likeness (QED) is 0.795. The van der Waals surface area contributed by atoms with Gasteiger partial charge < -0.3 is 15.2 Å². The lowest BCUT2D eigenvalue weighted by atomic mass is 9.84. The molecule has 5 nitrogen and oxygen atoms in total. The molecule has 2 N–H and O–H groups in total. The van der Waals surface area contributed by atoms with Gasteiger partial charge in [-0.25, -0.2) is 0 Å². The van der Waals surface area contributed by atoms with Crippen molar-refractivity contribution >= 4 is 5.91 Å². The molecule has 2 aliphatic heterocycles. The van der Waals surface area contributed by atoms with E-state index < -0.39 is 0 Å². The zero-order valence-corrected chi connectivity index (χ0v) is 12.2. The summed E-state index contributed by atoms with van der Waals surface area (Å²) >= 11 is 0. The number of amides is 1. The van der Waals surface area contributed by atoms with E-state index in [2.05, 4.69) is 24.1 Å². The molecular formula is C15H21N3O2. The Hall–Kier alpha value is -1.62. The maximum absolute atomic E-state index is 12.7. The number of nitrogens with one attached hydrogen (secondary N) is 2. The summed E-state index contributed by atoms with van der Waals surface area (Å²) in [7, 11) is 0. The molecule has 0 bridgehead atoms. The molecule has 0 aromatic carbocycles. The molecule has 2 fully saturated rings. The fourth-order valence-electron chi connectivity index (χ4n) is 3.65. The molecule has 3 heterocycles. The van der Waals surface area contributed by atoms with Crippen LogP contribution in [0.15, 0.2) is 17.1 Å². The van der Waals surface area contributed by atoms with E-state index in [0.29, 0.717) is 11.8 Å². The van der Waals surface area contributed by atoms with Gasteiger partial charge in [-0.3, -0.25) is 9.59 Å². The molecule has 1 aromatic heterocycles. The molecule has 1 amide bonds. The van der Waals surface area contributed by atoms with Gasteiger partial charge in [0.2, 0.25) is 0 Å². The van der Waals surface area contributed by atoms with Gasteiger partial charge in [0.1, 0.15) is 5.56 Å². The Kier molecular flexibility index (Phi) is 2.97. The van der Waals surface area contributed by atoms with Crippen LogP contribution in [-0.4, -0.2) is 41.0 Å². The first kappa shape index (κ1) is 13.4. The van der Waals surface area contributed by atoms with Gasteiger partial charge in [-0.05, 0) is 32.6 Å². The van der Waals surface area contributed by atoms with Crippen LogP contribution in [0.5, 0.6) is 0 Å². The summed E-state index contributed by atoms with van der Waals surface area (Å²) in [5, 5.41) is 3.39. The van der Waals surface area contributed by atoms with Gasteiger partial charge >= 0.3 is 0 Å². The molecular weight excluding hydrogens is 254 g/mol. The fraction of sp³-hybridized carbons (Fsp3) is 0.600. The van der Waals surface area contributed by atoms with Crippen LogP contribution in [0, 0.1) is 18.8 Å². The highest BCUT2D eigenvalue weighted by molar-refractivity contribution is 5.94. The molecule has 2 saturated heterocycles. The second-order valence-electron chi connectivity index (χ2n) is 6.49. The highest BCUT2D eigenvalue weighted by Crippen LogP contribution is 2.40. The van der Waals surface area contributed by atoms with Gasteiger partial charge in [-0.15, -0.1) is 0 Å². The van der Waals surface area contributed by atoms with Gasteiger partial charge in [0.15, 0.2) is 5.43 Å². The maximum Gasteiger partial charge on any atom is 0.259 e. The predicted molar refractivity (Wildman–Crippen MR) is 76.8 cm³/mol. The molecule has 20 heavy (non-hydrogen) atoms. The number of rotatable bonds is 1. The second-order valence-corrected chi connectivity index (χ2v) is 6.49. The number of fused-ring (bicyclic) bond motifs is 1. The second kappa shape index (κ2) is 4.45. The highest BCUT2D eigenvalue weighted by Gasteiger charge is 2.51. The first-order valence-corrected chi connectivity index (χ1v) is 7.13. The van der Waals surface area contributed by atoms with Gasteiger partial charge in [0, 0.05) is 43.1 Å². The number of aromatic amines is 1. The number of aromatic nitrogens is 1. The zero-order chi connectivity index (χ0) is 14.5. The SMILES string of the molecule is Cc1cc(=O)c(C(=O)N2CC3CNCC3C2(C)C)c[nH]1. The molecule has 108 valence electrons. The summed E-state index contributed by atoms with van der Waals surface area (Å²) in [4.78, 5) is 29.6. The first-order valence-electron chi connectivity index (χ1n) is 7.13. The molecule has 0 radical (unpaired) electrons. The average molecular weight is 275 g/mol. The molecule has 0 saturated carbocycles. The third-order valence-corrected chi connectivity index (χ3v) is 4.89. The van der Waals surface area contributed by atoms with Crippen LogP contribution in [0.25, 0.3) is 0 Å². The van der Waals surface area contributed by atoms with Crippen molar-refractivity contribution in [3.8, 4) is 0 Å². The fourth-order valence-corrected chi connectivity index (χ4v) is 3.65. The molecule has 2 aliphatic rings. The number of nitrogens with zero attached hydrogens (tertiary/aromatic N) is 1. The van der Waals surface area contributed by atoms with Crippen molar-refractivity contribution in [2.24, 2.45) is 11.8 Å². The molecule has 0 spiro atoms. The van der Waals surface area contributed by atoms with Crippen molar-refractivity contribution in [3.05, 3.63) is 33.7 Å². The number of hydrogen-bond acceptors (Lipinski definition) is 3. The highest BCUT2D eigenvalue weighted by atomic mass is 16.2. The average Bonchev–Trinajstić information content (AvgIpc) is 2.91. The van der Waals surface area contributed by atoms with Crippen molar-refractivity contribution in [1.29, 1.82) is 0 Å². The lowest BCUT2D eigenvalue weighted by Crippen LogP contribution is -2.48. The Balaban J connectivity index is 1.93. The monoisotopic (exact) mass is 275 g/mol. The van der Waals surface area contributed by atoms with Crippen LogP contribution in [0.3, 0.4) is 0 Å². The number of hydrogen-bond donors (Lipinski definition) is 2. The molecule has 3 rings (SSSR count). The smallest absolute Gasteiger partial charge is 0.259 e. The van der Waals surface area contributed by atoms with Gasteiger partial charge in [-0.1, -0.05) is 0 Å². The van der Waals surface area contributed by atoms with Gasteiger partial charge in [0.05, 0.1) is 0 Å². The third kappa shape index (κ3) is 1.88. The zero-order valence-electron chi connectivity index (χ0n) is 12.2. The van der Waals surface area contributed by atoms with E-state index in [4.69, 9.17) is 0 Å². The van der Waals surface area contributed by atoms with E-state index in [1.54, 1.807) is 6.20 Å². The minimum absolute atomic E-state index is 0.148. The van der Waals surface area contributed by atoms with E-state index >= 15 is 0 Å². The Morgan fingerprint density at radius 3 is 2.80 bits per heavy atom. The Morgan fingerprint density at radius 2 is 2.15 bits per heavy atom. The minimum atomic E-state index is -0.206. The lowest BCUT2D eigenvalue weighted by molar-refractivity contribution is 0.0601. The standard InChI is InChI=1S/C15H21N3O2/c1-9-4-13(19)11(6-17-9)14(20)18-8-10-5-16-7-12(10)15(18,2)3/h4,6,10,12,16H,5,7-8H2,1-3H3,(H,17,19). The largest absolute Gasteiger partial charge is 0.364 e. The Morgan fingerprint density at radius 1 is 1.40 bits per heavy atom. The minimum Gasteiger partial charge on any atom is -0.364 e. The summed E-state index contributed by atoms with van der Waals surface area (Å²) in [5.41, 5.74) is 0.616. The number of aryl methyl sites for hydroxylation is 1. The molecule has 1 aromatic rings. The number of likely N-dealkylation sites (tertiary alicyclic amines) is 1. The van der Waals surface area contributed by atoms with E-state index in [0.717, 1.165) is 25.3 Å². The van der Waals surface area contributed by atoms with Crippen LogP contribution in [0.2, 0.25) is 0 Å². The van der Waals surface area contributed by atoms with Crippen LogP contribution in [-0.2, 0) is 0 Å². The normalized spacial score (nSPS) is 27.6. The number of carbonyl (C=O) groups excluding carboxylic acids is 1. The van der Waals surface area contributed by atoms with Crippen molar-refractivity contribution in [3.63, 3.8) is 0 Å². The Bertz CT molecular complexity index is 605. The van der Waals surface area contributed by atoms with E-state index in [1.165, 1.54) is 6.07 Å². The van der Waals surface area contributed by atoms with E-state index in [9.17, 15) is 9.59 Å². The van der Waals surface area contributed by atoms with E-state index in [1.807, 2.05) is 11.8 Å². The van der Waals surface area contributed by atoms with Crippen LogP contribution >= 0.6 is 0 Å². The van der Waals surface area contributed by atoms with Crippen molar-refractivity contribution < 1.29 is 4.79 Å². The van der Waals surface area contributed by atoms with Crippen molar-refractivity contribution in [1.82, 2.24) is 15.2 Å². The maximum atomic E-state index is 12.7. The van der Waals surface area contributed by atoms with Crippen LogP contribution < -0.4 is 10.7 Å². The summed E-state index contributed by atoms with van der Waals surface area (Å²) in [6.45, 7) is 8.66. The first-order chi connectivity index (χ1) is 9.41. The topological polar surface area (TPSA) is 65.2 Å². The summed E-state index contributed by atoms with van der Waals surface area (Å²) in [6, 6.07) is 1.48.